The number of amides is 1. The molecule has 0 aliphatic rings. The fourth-order valence-corrected chi connectivity index (χ4v) is 6.79. The fraction of sp³-hybridized carbons (Fsp3) is 0.194. The van der Waals surface area contributed by atoms with Crippen LogP contribution < -0.4 is 10.3 Å². The van der Waals surface area contributed by atoms with Crippen LogP contribution in [-0.2, 0) is 23.0 Å². The van der Waals surface area contributed by atoms with E-state index in [1.807, 2.05) is 25.1 Å². The van der Waals surface area contributed by atoms with E-state index in [0.717, 1.165) is 27.4 Å². The van der Waals surface area contributed by atoms with Gasteiger partial charge in [-0.3, -0.25) is 14.2 Å². The molecule has 5 aromatic rings. The van der Waals surface area contributed by atoms with Crippen LogP contribution in [-0.4, -0.2) is 23.9 Å². The minimum absolute atomic E-state index is 0.0223. The lowest BCUT2D eigenvalue weighted by atomic mass is 10.0. The highest BCUT2D eigenvalue weighted by Crippen LogP contribution is 2.29. The lowest BCUT2D eigenvalue weighted by Gasteiger charge is -2.14. The molecule has 3 aromatic carbocycles. The van der Waals surface area contributed by atoms with Crippen molar-refractivity contribution in [2.24, 2.45) is 0 Å². The molecule has 2 heterocycles. The van der Waals surface area contributed by atoms with Crippen molar-refractivity contribution in [3.63, 3.8) is 0 Å². The van der Waals surface area contributed by atoms with Crippen molar-refractivity contribution in [3.05, 3.63) is 117 Å². The first kappa shape index (κ1) is 28.4. The van der Waals surface area contributed by atoms with E-state index in [9.17, 15) is 22.4 Å². The Bertz CT molecular complexity index is 1910. The van der Waals surface area contributed by atoms with Gasteiger partial charge in [0.15, 0.2) is 0 Å². The van der Waals surface area contributed by atoms with Gasteiger partial charge in [-0.05, 0) is 53.4 Å². The molecule has 10 heteroatoms. The number of hydrogen-bond donors (Lipinski definition) is 1. The van der Waals surface area contributed by atoms with Crippen LogP contribution in [0.5, 0.6) is 0 Å². The van der Waals surface area contributed by atoms with Gasteiger partial charge >= 0.3 is 0 Å². The van der Waals surface area contributed by atoms with Gasteiger partial charge in [0.2, 0.25) is 0 Å². The number of thiophene rings is 1. The minimum atomic E-state index is -4.24. The summed E-state index contributed by atoms with van der Waals surface area (Å²) >= 11 is 1.55. The number of nitrogens with one attached hydrogen (secondary N) is 1. The number of carbonyl (C=O) groups is 1. The molecule has 0 atom stereocenters. The summed E-state index contributed by atoms with van der Waals surface area (Å²) in [6, 6.07) is 20.2. The normalized spacial score (nSPS) is 11.7. The standard InChI is InChI=1S/C31H28FN3O4S2/c1-4-28-33-30-25(17-26(40-30)19(2)3)31(37)35(28)18-20-9-11-21(12-10-20)24-7-5-6-8-27(24)41(38,39)34-29(36)22-13-15-23(32)16-14-22/h5-17,19H,4,18H2,1-3H3,(H,34,36). The summed E-state index contributed by atoms with van der Waals surface area (Å²) in [5.74, 6) is -0.374. The first-order valence-corrected chi connectivity index (χ1v) is 15.4. The molecule has 1 amide bonds. The van der Waals surface area contributed by atoms with E-state index in [1.165, 1.54) is 18.2 Å². The van der Waals surface area contributed by atoms with E-state index in [1.54, 1.807) is 46.2 Å². The third-order valence-electron chi connectivity index (χ3n) is 6.75. The van der Waals surface area contributed by atoms with Crippen molar-refractivity contribution in [2.75, 3.05) is 0 Å². The van der Waals surface area contributed by atoms with Crippen molar-refractivity contribution < 1.29 is 17.6 Å². The Morgan fingerprint density at radius 2 is 1.71 bits per heavy atom. The van der Waals surface area contributed by atoms with Crippen LogP contribution >= 0.6 is 11.3 Å². The smallest absolute Gasteiger partial charge is 0.265 e. The molecule has 5 rings (SSSR count). The average Bonchev–Trinajstić information content (AvgIpc) is 3.40. The largest absolute Gasteiger partial charge is 0.292 e. The molecule has 7 nitrogen and oxygen atoms in total. The number of aryl methyl sites for hydroxylation is 1. The second kappa shape index (κ2) is 11.4. The van der Waals surface area contributed by atoms with Gasteiger partial charge in [0.05, 0.1) is 16.8 Å². The second-order valence-corrected chi connectivity index (χ2v) is 12.6. The van der Waals surface area contributed by atoms with Crippen LogP contribution in [0.3, 0.4) is 0 Å². The van der Waals surface area contributed by atoms with E-state index in [-0.39, 0.29) is 16.0 Å². The number of halogens is 1. The lowest BCUT2D eigenvalue weighted by molar-refractivity contribution is 0.0981. The van der Waals surface area contributed by atoms with Gasteiger partial charge in [0.1, 0.15) is 16.5 Å². The molecule has 0 saturated carbocycles. The predicted octanol–water partition coefficient (Wildman–Crippen LogP) is 6.12. The van der Waals surface area contributed by atoms with Crippen molar-refractivity contribution in [1.29, 1.82) is 0 Å². The molecule has 0 aliphatic heterocycles. The quantitative estimate of drug-likeness (QED) is 0.235. The highest BCUT2D eigenvalue weighted by molar-refractivity contribution is 7.90. The molecule has 0 fully saturated rings. The summed E-state index contributed by atoms with van der Waals surface area (Å²) in [5.41, 5.74) is 1.84. The topological polar surface area (TPSA) is 98.1 Å². The number of hydrogen-bond acceptors (Lipinski definition) is 6. The van der Waals surface area contributed by atoms with Gasteiger partial charge in [0, 0.05) is 22.4 Å². The van der Waals surface area contributed by atoms with Crippen LogP contribution in [0.2, 0.25) is 0 Å². The van der Waals surface area contributed by atoms with Crippen molar-refractivity contribution in [3.8, 4) is 11.1 Å². The summed E-state index contributed by atoms with van der Waals surface area (Å²) in [4.78, 5) is 32.5. The van der Waals surface area contributed by atoms with E-state index >= 15 is 0 Å². The number of aromatic nitrogens is 2. The summed E-state index contributed by atoms with van der Waals surface area (Å²) in [7, 11) is -4.24. The first-order chi connectivity index (χ1) is 19.6. The van der Waals surface area contributed by atoms with Crippen LogP contribution in [0.4, 0.5) is 4.39 Å². The monoisotopic (exact) mass is 589 g/mol. The zero-order valence-electron chi connectivity index (χ0n) is 22.7. The van der Waals surface area contributed by atoms with Gasteiger partial charge in [0.25, 0.3) is 21.5 Å². The Kier molecular flexibility index (Phi) is 7.88. The summed E-state index contributed by atoms with van der Waals surface area (Å²) in [6.07, 6.45) is 0.604. The number of nitrogens with zero attached hydrogens (tertiary/aromatic N) is 2. The molecule has 0 saturated heterocycles. The zero-order valence-corrected chi connectivity index (χ0v) is 24.4. The molecule has 2 aromatic heterocycles. The Labute approximate surface area is 241 Å². The molecule has 210 valence electrons. The molecule has 0 unspecified atom stereocenters. The molecule has 0 bridgehead atoms. The molecular weight excluding hydrogens is 561 g/mol. The molecular formula is C31H28FN3O4S2. The van der Waals surface area contributed by atoms with Crippen molar-refractivity contribution >= 4 is 37.5 Å². The highest BCUT2D eigenvalue weighted by Gasteiger charge is 2.23. The second-order valence-electron chi connectivity index (χ2n) is 9.93. The van der Waals surface area contributed by atoms with Crippen molar-refractivity contribution in [2.45, 2.75) is 44.6 Å². The first-order valence-electron chi connectivity index (χ1n) is 13.1. The lowest BCUT2D eigenvalue weighted by Crippen LogP contribution is -2.30. The zero-order chi connectivity index (χ0) is 29.3. The summed E-state index contributed by atoms with van der Waals surface area (Å²) in [5, 5.41) is 0.620. The minimum Gasteiger partial charge on any atom is -0.292 e. The summed E-state index contributed by atoms with van der Waals surface area (Å²) in [6.45, 7) is 6.48. The maximum Gasteiger partial charge on any atom is 0.265 e. The molecule has 1 N–H and O–H groups in total. The number of sulfonamides is 1. The SMILES string of the molecule is CCc1nc2sc(C(C)C)cc2c(=O)n1Cc1ccc(-c2ccccc2S(=O)(=O)NC(=O)c2ccc(F)cc2)cc1. The van der Waals surface area contributed by atoms with Gasteiger partial charge in [-0.15, -0.1) is 11.3 Å². The molecule has 0 aliphatic carbocycles. The fourth-order valence-electron chi connectivity index (χ4n) is 4.54. The van der Waals surface area contributed by atoms with Crippen LogP contribution in [0, 0.1) is 5.82 Å². The Morgan fingerprint density at radius 1 is 1.02 bits per heavy atom. The van der Waals surface area contributed by atoms with Crippen LogP contribution in [0.15, 0.2) is 88.6 Å². The summed E-state index contributed by atoms with van der Waals surface area (Å²) < 4.78 is 43.4. The van der Waals surface area contributed by atoms with Gasteiger partial charge < -0.3 is 0 Å². The molecule has 0 spiro atoms. The Hall–Kier alpha value is -4.15. The van der Waals surface area contributed by atoms with Gasteiger partial charge in [-0.25, -0.2) is 22.5 Å². The third kappa shape index (κ3) is 5.84. The Morgan fingerprint density at radius 3 is 2.37 bits per heavy atom. The maximum absolute atomic E-state index is 13.4. The molecule has 41 heavy (non-hydrogen) atoms. The molecule has 0 radical (unpaired) electrons. The number of rotatable bonds is 8. The van der Waals surface area contributed by atoms with Gasteiger partial charge in [-0.2, -0.15) is 0 Å². The van der Waals surface area contributed by atoms with E-state index < -0.39 is 21.7 Å². The van der Waals surface area contributed by atoms with E-state index in [0.29, 0.717) is 41.2 Å². The van der Waals surface area contributed by atoms with Crippen LogP contribution in [0.25, 0.3) is 21.3 Å². The maximum atomic E-state index is 13.4. The van der Waals surface area contributed by atoms with Crippen LogP contribution in [0.1, 0.15) is 53.3 Å². The van der Waals surface area contributed by atoms with E-state index in [4.69, 9.17) is 4.98 Å². The van der Waals surface area contributed by atoms with Crippen molar-refractivity contribution in [1.82, 2.24) is 14.3 Å². The average molecular weight is 590 g/mol. The number of carbonyl (C=O) groups excluding carboxylic acids is 1. The number of fused-ring (bicyclic) bond motifs is 1. The van der Waals surface area contributed by atoms with Gasteiger partial charge in [-0.1, -0.05) is 63.2 Å². The third-order valence-corrected chi connectivity index (χ3v) is 9.47. The predicted molar refractivity (Wildman–Crippen MR) is 159 cm³/mol. The number of benzene rings is 3. The highest BCUT2D eigenvalue weighted by atomic mass is 32.2. The van der Waals surface area contributed by atoms with E-state index in [2.05, 4.69) is 18.6 Å². The Balaban J connectivity index is 1.43.